The molecule has 0 spiro atoms. The topological polar surface area (TPSA) is 94.2 Å². The zero-order chi connectivity index (χ0) is 27.0. The number of rotatable bonds is 6. The fraction of sp³-hybridized carbons (Fsp3) is 0.0690. The highest BCUT2D eigenvalue weighted by atomic mass is 32.2. The number of carbonyl (C=O) groups excluding carboxylic acids is 1. The molecule has 0 unspecified atom stereocenters. The van der Waals surface area contributed by atoms with E-state index in [0.29, 0.717) is 10.9 Å². The quantitative estimate of drug-likeness (QED) is 0.277. The summed E-state index contributed by atoms with van der Waals surface area (Å²) < 4.78 is 59.8. The summed E-state index contributed by atoms with van der Waals surface area (Å²) in [7, 11) is -4.34. The molecule has 0 fully saturated rings. The second-order valence-corrected chi connectivity index (χ2v) is 10.6. The number of hydrogen-bond acceptors (Lipinski definition) is 4. The Bertz CT molecular complexity index is 1810. The van der Waals surface area contributed by atoms with Crippen LogP contribution in [0.2, 0.25) is 0 Å². The number of nitrogens with one attached hydrogen (secondary N) is 1. The number of anilines is 1. The molecule has 0 bridgehead atoms. The summed E-state index contributed by atoms with van der Waals surface area (Å²) >= 11 is 0. The van der Waals surface area contributed by atoms with Crippen molar-refractivity contribution in [3.8, 4) is 11.1 Å². The summed E-state index contributed by atoms with van der Waals surface area (Å²) in [5.41, 5.74) is 7.79. The van der Waals surface area contributed by atoms with Crippen LogP contribution in [-0.2, 0) is 16.6 Å². The second-order valence-electron chi connectivity index (χ2n) is 8.91. The van der Waals surface area contributed by atoms with Crippen LogP contribution < -0.4 is 10.5 Å². The Morgan fingerprint density at radius 2 is 1.61 bits per heavy atom. The first-order valence-corrected chi connectivity index (χ1v) is 13.2. The molecular weight excluding hydrogens is 508 g/mol. The van der Waals surface area contributed by atoms with Crippen LogP contribution >= 0.6 is 0 Å². The van der Waals surface area contributed by atoms with E-state index in [-0.39, 0.29) is 39.5 Å². The highest BCUT2D eigenvalue weighted by molar-refractivity contribution is 7.90. The van der Waals surface area contributed by atoms with E-state index in [4.69, 9.17) is 5.73 Å². The fourth-order valence-electron chi connectivity index (χ4n) is 4.51. The van der Waals surface area contributed by atoms with Gasteiger partial charge >= 0.3 is 0 Å². The molecule has 0 saturated carbocycles. The van der Waals surface area contributed by atoms with Gasteiger partial charge in [0.2, 0.25) is 0 Å². The molecule has 0 atom stereocenters. The first-order valence-electron chi connectivity index (χ1n) is 11.7. The number of sulfonamides is 1. The average Bonchev–Trinajstić information content (AvgIpc) is 3.18. The van der Waals surface area contributed by atoms with Crippen LogP contribution in [0.25, 0.3) is 22.0 Å². The van der Waals surface area contributed by atoms with Gasteiger partial charge in [0.15, 0.2) is 0 Å². The number of halogens is 2. The lowest BCUT2D eigenvalue weighted by molar-refractivity contribution is 0.0974. The predicted octanol–water partition coefficient (Wildman–Crippen LogP) is 5.64. The van der Waals surface area contributed by atoms with Crippen molar-refractivity contribution in [3.05, 3.63) is 119 Å². The maximum atomic E-state index is 15.2. The number of nitrogens with zero attached hydrogens (tertiary/aromatic N) is 1. The van der Waals surface area contributed by atoms with Crippen molar-refractivity contribution in [2.45, 2.75) is 18.4 Å². The Labute approximate surface area is 218 Å². The van der Waals surface area contributed by atoms with E-state index in [9.17, 15) is 17.6 Å². The number of benzene rings is 4. The predicted molar refractivity (Wildman–Crippen MR) is 143 cm³/mol. The van der Waals surface area contributed by atoms with E-state index >= 15 is 4.39 Å². The standard InChI is InChI=1S/C29H23F2N3O3S/c1-18-13-14-26-23(15-18)27(22-10-3-5-12-25(22)31)28(34(26)17-19-7-2-4-11-24(19)30)29(35)33-38(36,37)21-9-6-8-20(32)16-21/h2-16H,17,32H2,1H3,(H,33,35). The minimum atomic E-state index is -4.34. The summed E-state index contributed by atoms with van der Waals surface area (Å²) in [6.45, 7) is 1.75. The Morgan fingerprint density at radius 1 is 0.895 bits per heavy atom. The Kier molecular flexibility index (Phi) is 6.46. The van der Waals surface area contributed by atoms with Crippen LogP contribution in [-0.4, -0.2) is 18.9 Å². The van der Waals surface area contributed by atoms with Gasteiger partial charge in [-0.15, -0.1) is 0 Å². The van der Waals surface area contributed by atoms with E-state index in [1.165, 1.54) is 53.1 Å². The van der Waals surface area contributed by atoms with Gasteiger partial charge in [0.1, 0.15) is 17.3 Å². The van der Waals surface area contributed by atoms with Crippen LogP contribution in [0, 0.1) is 18.6 Å². The third-order valence-corrected chi connectivity index (χ3v) is 7.59. The molecular formula is C29H23F2N3O3S. The van der Waals surface area contributed by atoms with Crippen LogP contribution in [0.5, 0.6) is 0 Å². The number of nitrogens with two attached hydrogens (primary N) is 1. The molecule has 0 radical (unpaired) electrons. The molecule has 0 saturated heterocycles. The van der Waals surface area contributed by atoms with Crippen LogP contribution in [0.1, 0.15) is 21.6 Å². The number of aromatic nitrogens is 1. The monoisotopic (exact) mass is 531 g/mol. The highest BCUT2D eigenvalue weighted by Gasteiger charge is 2.29. The van der Waals surface area contributed by atoms with Gasteiger partial charge in [0, 0.05) is 33.3 Å². The van der Waals surface area contributed by atoms with Crippen molar-refractivity contribution < 1.29 is 22.0 Å². The summed E-state index contributed by atoms with van der Waals surface area (Å²) in [5.74, 6) is -2.07. The molecule has 5 aromatic rings. The number of nitrogen functional groups attached to an aromatic ring is 1. The average molecular weight is 532 g/mol. The molecule has 9 heteroatoms. The van der Waals surface area contributed by atoms with Gasteiger partial charge in [-0.1, -0.05) is 54.1 Å². The fourth-order valence-corrected chi connectivity index (χ4v) is 5.52. The lowest BCUT2D eigenvalue weighted by Gasteiger charge is -2.14. The van der Waals surface area contributed by atoms with Gasteiger partial charge in [-0.05, 0) is 49.4 Å². The summed E-state index contributed by atoms with van der Waals surface area (Å²) in [4.78, 5) is 13.6. The lowest BCUT2D eigenvalue weighted by atomic mass is 10.00. The van der Waals surface area contributed by atoms with Gasteiger partial charge in [-0.25, -0.2) is 21.9 Å². The number of fused-ring (bicyclic) bond motifs is 1. The molecule has 6 nitrogen and oxygen atoms in total. The Morgan fingerprint density at radius 3 is 2.32 bits per heavy atom. The molecule has 1 heterocycles. The zero-order valence-electron chi connectivity index (χ0n) is 20.3. The van der Waals surface area contributed by atoms with Gasteiger partial charge < -0.3 is 10.3 Å². The van der Waals surface area contributed by atoms with Gasteiger partial charge in [-0.3, -0.25) is 4.79 Å². The summed E-state index contributed by atoms with van der Waals surface area (Å²) in [6.07, 6.45) is 0. The first-order chi connectivity index (χ1) is 18.2. The smallest absolute Gasteiger partial charge is 0.282 e. The van der Waals surface area contributed by atoms with Gasteiger partial charge in [-0.2, -0.15) is 0 Å². The number of amides is 1. The van der Waals surface area contributed by atoms with Crippen LogP contribution in [0.15, 0.2) is 95.9 Å². The van der Waals surface area contributed by atoms with E-state index < -0.39 is 27.6 Å². The summed E-state index contributed by atoms with van der Waals surface area (Å²) in [6, 6.07) is 22.9. The van der Waals surface area contributed by atoms with Crippen molar-refractivity contribution in [1.82, 2.24) is 9.29 Å². The van der Waals surface area contributed by atoms with E-state index in [1.54, 1.807) is 36.4 Å². The molecule has 4 aromatic carbocycles. The third-order valence-electron chi connectivity index (χ3n) is 6.26. The molecule has 0 aliphatic heterocycles. The SMILES string of the molecule is Cc1ccc2c(c1)c(-c1ccccc1F)c(C(=O)NS(=O)(=O)c1cccc(N)c1)n2Cc1ccccc1F. The van der Waals surface area contributed by atoms with Crippen molar-refractivity contribution in [2.75, 3.05) is 5.73 Å². The molecule has 1 aromatic heterocycles. The van der Waals surface area contributed by atoms with Gasteiger partial charge in [0.05, 0.1) is 11.4 Å². The molecule has 192 valence electrons. The highest BCUT2D eigenvalue weighted by Crippen LogP contribution is 2.38. The minimum absolute atomic E-state index is 0.0955. The van der Waals surface area contributed by atoms with Crippen LogP contribution in [0.3, 0.4) is 0 Å². The molecule has 5 rings (SSSR count). The van der Waals surface area contributed by atoms with Crippen molar-refractivity contribution in [3.63, 3.8) is 0 Å². The van der Waals surface area contributed by atoms with Gasteiger partial charge in [0.25, 0.3) is 15.9 Å². The number of aryl methyl sites for hydroxylation is 1. The van der Waals surface area contributed by atoms with Crippen molar-refractivity contribution in [1.29, 1.82) is 0 Å². The first kappa shape index (κ1) is 25.2. The largest absolute Gasteiger partial charge is 0.399 e. The molecule has 38 heavy (non-hydrogen) atoms. The number of carbonyl (C=O) groups is 1. The lowest BCUT2D eigenvalue weighted by Crippen LogP contribution is -2.32. The third kappa shape index (κ3) is 4.64. The molecule has 0 aliphatic carbocycles. The maximum absolute atomic E-state index is 15.2. The van der Waals surface area contributed by atoms with E-state index in [1.807, 2.05) is 13.0 Å². The Balaban J connectivity index is 1.77. The molecule has 0 aliphatic rings. The van der Waals surface area contributed by atoms with E-state index in [0.717, 1.165) is 5.56 Å². The molecule has 1 amide bonds. The summed E-state index contributed by atoms with van der Waals surface area (Å²) in [5, 5.41) is 0.526. The van der Waals surface area contributed by atoms with Crippen molar-refractivity contribution >= 4 is 32.5 Å². The minimum Gasteiger partial charge on any atom is -0.399 e. The molecule has 3 N–H and O–H groups in total. The maximum Gasteiger partial charge on any atom is 0.282 e. The van der Waals surface area contributed by atoms with Crippen molar-refractivity contribution in [2.24, 2.45) is 0 Å². The van der Waals surface area contributed by atoms with E-state index in [2.05, 4.69) is 4.72 Å². The van der Waals surface area contributed by atoms with Crippen LogP contribution in [0.4, 0.5) is 14.5 Å². The number of hydrogen-bond donors (Lipinski definition) is 2. The Hall–Kier alpha value is -4.50. The zero-order valence-corrected chi connectivity index (χ0v) is 21.1. The normalized spacial score (nSPS) is 11.6. The second kappa shape index (κ2) is 9.75.